The van der Waals surface area contributed by atoms with E-state index in [1.807, 2.05) is 0 Å². The van der Waals surface area contributed by atoms with Crippen LogP contribution in [0.15, 0.2) is 36.5 Å². The Morgan fingerprint density at radius 2 is 0.983 bits per heavy atom. The first-order valence-corrected chi connectivity index (χ1v) is 25.0. The number of aliphatic hydroxyl groups excluding tert-OH is 7. The molecule has 1 rings (SSSR count). The average molecular weight is 876 g/mol. The molecule has 1 aliphatic carbocycles. The van der Waals surface area contributed by atoms with Gasteiger partial charge in [0.2, 0.25) is 5.91 Å². The van der Waals surface area contributed by atoms with E-state index >= 15 is 0 Å². The monoisotopic (exact) mass is 876 g/mol. The van der Waals surface area contributed by atoms with Crippen molar-refractivity contribution in [1.29, 1.82) is 0 Å². The maximum absolute atomic E-state index is 13.0. The summed E-state index contributed by atoms with van der Waals surface area (Å²) in [5, 5.41) is 74.4. The van der Waals surface area contributed by atoms with Gasteiger partial charge in [0, 0.05) is 0 Å². The number of phosphoric acid groups is 1. The first kappa shape index (κ1) is 56.5. The fourth-order valence-corrected chi connectivity index (χ4v) is 8.28. The van der Waals surface area contributed by atoms with Gasteiger partial charge >= 0.3 is 7.82 Å². The highest BCUT2D eigenvalue weighted by Gasteiger charge is 2.51. The van der Waals surface area contributed by atoms with E-state index in [2.05, 4.69) is 43.5 Å². The maximum Gasteiger partial charge on any atom is 0.472 e. The molecule has 0 aromatic heterocycles. The summed E-state index contributed by atoms with van der Waals surface area (Å²) in [5.41, 5.74) is 0. The molecular formula is C46H86NO12P. The minimum atomic E-state index is -5.15. The molecule has 14 heteroatoms. The quantitative estimate of drug-likeness (QED) is 0.0165. The molecule has 8 atom stereocenters. The Hall–Kier alpha value is -1.48. The Morgan fingerprint density at radius 1 is 0.583 bits per heavy atom. The molecule has 0 aromatic carbocycles. The third-order valence-corrected chi connectivity index (χ3v) is 12.2. The molecule has 0 aliphatic heterocycles. The zero-order valence-electron chi connectivity index (χ0n) is 37.1. The van der Waals surface area contributed by atoms with E-state index in [0.717, 1.165) is 64.2 Å². The lowest BCUT2D eigenvalue weighted by atomic mass is 9.85. The van der Waals surface area contributed by atoms with Gasteiger partial charge in [0.25, 0.3) is 0 Å². The molecule has 1 amide bonds. The standard InChI is InChI=1S/C46H86NO12P/c1-3-5-7-9-11-13-15-17-18-19-20-22-23-25-27-29-31-33-37(48)35-40(50)47-38(39(49)34-32-30-28-26-24-21-16-14-12-10-8-6-4-2)36-58-60(56,57)59-46-44(54)42(52)41(51)43(53)45(46)55/h19-20,24,26,32,34,37-39,41-46,48-49,51-55H,3-18,21-23,25,27-31,33,35-36H2,1-2H3,(H,47,50)(H,56,57)/b20-19-,26-24+,34-32+. The second-order valence-electron chi connectivity index (χ2n) is 16.8. The number of allylic oxidation sites excluding steroid dienone is 5. The number of hydrogen-bond donors (Lipinski definition) is 9. The third kappa shape index (κ3) is 27.6. The van der Waals surface area contributed by atoms with Crippen molar-refractivity contribution in [2.75, 3.05) is 6.61 Å². The number of hydrogen-bond acceptors (Lipinski definition) is 11. The summed E-state index contributed by atoms with van der Waals surface area (Å²) < 4.78 is 22.8. The largest absolute Gasteiger partial charge is 0.472 e. The lowest BCUT2D eigenvalue weighted by Crippen LogP contribution is -2.64. The molecular weight excluding hydrogens is 789 g/mol. The molecule has 9 N–H and O–H groups in total. The van der Waals surface area contributed by atoms with Crippen LogP contribution < -0.4 is 5.32 Å². The summed E-state index contributed by atoms with van der Waals surface area (Å²) in [7, 11) is -5.15. The van der Waals surface area contributed by atoms with Crippen molar-refractivity contribution < 1.29 is 59.0 Å². The number of nitrogens with one attached hydrogen (secondary N) is 1. The number of aliphatic hydroxyl groups is 7. The molecule has 13 nitrogen and oxygen atoms in total. The number of carbonyl (C=O) groups is 1. The molecule has 0 aromatic rings. The number of unbranched alkanes of at least 4 members (excludes halogenated alkanes) is 21. The van der Waals surface area contributed by atoms with Gasteiger partial charge in [-0.05, 0) is 57.8 Å². The van der Waals surface area contributed by atoms with Gasteiger partial charge in [-0.2, -0.15) is 0 Å². The van der Waals surface area contributed by atoms with Crippen LogP contribution in [0.25, 0.3) is 0 Å². The first-order valence-electron chi connectivity index (χ1n) is 23.5. The van der Waals surface area contributed by atoms with E-state index in [-0.39, 0.29) is 6.42 Å². The Bertz CT molecular complexity index is 1170. The van der Waals surface area contributed by atoms with Crippen molar-refractivity contribution in [3.8, 4) is 0 Å². The van der Waals surface area contributed by atoms with Crippen LogP contribution in [-0.2, 0) is 18.4 Å². The summed E-state index contributed by atoms with van der Waals surface area (Å²) in [4.78, 5) is 23.4. The molecule has 1 saturated carbocycles. The molecule has 0 radical (unpaired) electrons. The fraction of sp³-hybridized carbons (Fsp3) is 0.848. The van der Waals surface area contributed by atoms with E-state index in [4.69, 9.17) is 9.05 Å². The Kier molecular flexibility index (Phi) is 33.8. The van der Waals surface area contributed by atoms with Crippen LogP contribution in [-0.4, -0.2) is 108 Å². The van der Waals surface area contributed by atoms with Crippen molar-refractivity contribution in [3.05, 3.63) is 36.5 Å². The molecule has 0 heterocycles. The van der Waals surface area contributed by atoms with Crippen molar-refractivity contribution >= 4 is 13.7 Å². The van der Waals surface area contributed by atoms with Crippen LogP contribution in [0.1, 0.15) is 187 Å². The molecule has 1 fully saturated rings. The van der Waals surface area contributed by atoms with Crippen LogP contribution in [0, 0.1) is 0 Å². The number of rotatable bonds is 38. The lowest BCUT2D eigenvalue weighted by molar-refractivity contribution is -0.220. The lowest BCUT2D eigenvalue weighted by Gasteiger charge is -2.41. The van der Waals surface area contributed by atoms with Gasteiger partial charge in [0.05, 0.1) is 31.3 Å². The highest BCUT2D eigenvalue weighted by atomic mass is 31.2. The topological polar surface area (TPSA) is 226 Å². The van der Waals surface area contributed by atoms with Gasteiger partial charge in [-0.25, -0.2) is 4.57 Å². The Labute approximate surface area is 362 Å². The number of carbonyl (C=O) groups excluding carboxylic acids is 1. The minimum Gasteiger partial charge on any atom is -0.393 e. The normalized spacial score (nSPS) is 23.7. The van der Waals surface area contributed by atoms with Gasteiger partial charge in [-0.1, -0.05) is 159 Å². The van der Waals surface area contributed by atoms with E-state index in [1.54, 1.807) is 6.08 Å². The van der Waals surface area contributed by atoms with Crippen LogP contribution in [0.4, 0.5) is 0 Å². The summed E-state index contributed by atoms with van der Waals surface area (Å²) >= 11 is 0. The molecule has 0 saturated heterocycles. The SMILES string of the molecule is CCCCCCCCC/C=C/CC/C=C/C(O)C(COP(=O)(O)OC1C(O)C(O)C(O)C(O)C1O)NC(=O)CC(O)CCCCCCC/C=C\CCCCCCCCCC. The highest BCUT2D eigenvalue weighted by molar-refractivity contribution is 7.47. The van der Waals surface area contributed by atoms with Crippen molar-refractivity contribution in [2.24, 2.45) is 0 Å². The number of amides is 1. The highest BCUT2D eigenvalue weighted by Crippen LogP contribution is 2.47. The Balaban J connectivity index is 2.55. The van der Waals surface area contributed by atoms with Crippen LogP contribution >= 0.6 is 7.82 Å². The molecule has 60 heavy (non-hydrogen) atoms. The van der Waals surface area contributed by atoms with E-state index in [9.17, 15) is 50.0 Å². The van der Waals surface area contributed by atoms with Crippen LogP contribution in [0.3, 0.4) is 0 Å². The van der Waals surface area contributed by atoms with Crippen molar-refractivity contribution in [3.63, 3.8) is 0 Å². The van der Waals surface area contributed by atoms with Gasteiger partial charge in [0.15, 0.2) is 0 Å². The van der Waals surface area contributed by atoms with E-state index in [0.29, 0.717) is 12.8 Å². The van der Waals surface area contributed by atoms with Crippen molar-refractivity contribution in [2.45, 2.75) is 242 Å². The first-order chi connectivity index (χ1) is 28.8. The maximum atomic E-state index is 13.0. The predicted molar refractivity (Wildman–Crippen MR) is 238 cm³/mol. The smallest absolute Gasteiger partial charge is 0.393 e. The van der Waals surface area contributed by atoms with Gasteiger partial charge < -0.3 is 46.0 Å². The fourth-order valence-electron chi connectivity index (χ4n) is 7.31. The zero-order chi connectivity index (χ0) is 44.4. The zero-order valence-corrected chi connectivity index (χ0v) is 38.0. The summed E-state index contributed by atoms with van der Waals surface area (Å²) in [6, 6.07) is -1.26. The summed E-state index contributed by atoms with van der Waals surface area (Å²) in [5.74, 6) is -0.609. The Morgan fingerprint density at radius 3 is 1.47 bits per heavy atom. The van der Waals surface area contributed by atoms with Crippen molar-refractivity contribution in [1.82, 2.24) is 5.32 Å². The van der Waals surface area contributed by atoms with Gasteiger partial charge in [0.1, 0.15) is 36.6 Å². The minimum absolute atomic E-state index is 0.258. The average Bonchev–Trinajstić information content (AvgIpc) is 3.22. The predicted octanol–water partition coefficient (Wildman–Crippen LogP) is 7.75. The van der Waals surface area contributed by atoms with E-state index in [1.165, 1.54) is 96.0 Å². The molecule has 8 unspecified atom stereocenters. The van der Waals surface area contributed by atoms with E-state index < -0.39 is 75.2 Å². The third-order valence-electron chi connectivity index (χ3n) is 11.2. The summed E-state index contributed by atoms with van der Waals surface area (Å²) in [6.07, 6.45) is 26.7. The van der Waals surface area contributed by atoms with Gasteiger partial charge in [-0.15, -0.1) is 0 Å². The number of phosphoric ester groups is 1. The molecule has 1 aliphatic rings. The van der Waals surface area contributed by atoms with Crippen LogP contribution in [0.2, 0.25) is 0 Å². The molecule has 0 spiro atoms. The van der Waals surface area contributed by atoms with Gasteiger partial charge in [-0.3, -0.25) is 13.8 Å². The second-order valence-corrected chi connectivity index (χ2v) is 18.2. The second kappa shape index (κ2) is 35.9. The summed E-state index contributed by atoms with van der Waals surface area (Å²) in [6.45, 7) is 3.71. The van der Waals surface area contributed by atoms with Crippen LogP contribution in [0.5, 0.6) is 0 Å². The molecule has 352 valence electrons. The molecule has 0 bridgehead atoms.